The highest BCUT2D eigenvalue weighted by Crippen LogP contribution is 2.21. The maximum atomic E-state index is 9.34. The average Bonchev–Trinajstić information content (AvgIpc) is 2.44. The van der Waals surface area contributed by atoms with Crippen molar-refractivity contribution >= 4 is 11.6 Å². The molecule has 6 heteroatoms. The lowest BCUT2D eigenvalue weighted by Gasteiger charge is -2.43. The van der Waals surface area contributed by atoms with Crippen molar-refractivity contribution in [3.05, 3.63) is 30.3 Å². The minimum absolute atomic E-state index is 0.0247. The molecule has 20 heavy (non-hydrogen) atoms. The van der Waals surface area contributed by atoms with Crippen molar-refractivity contribution in [1.29, 1.82) is 0 Å². The summed E-state index contributed by atoms with van der Waals surface area (Å²) in [6.45, 7) is 5.15. The first kappa shape index (κ1) is 14.8. The van der Waals surface area contributed by atoms with Gasteiger partial charge in [0.15, 0.2) is 0 Å². The summed E-state index contributed by atoms with van der Waals surface area (Å²) < 4.78 is 5.78. The molecule has 1 fully saturated rings. The summed E-state index contributed by atoms with van der Waals surface area (Å²) in [6.07, 6.45) is -0.243. The molecule has 1 aromatic rings. The van der Waals surface area contributed by atoms with Gasteiger partial charge < -0.3 is 14.7 Å². The third-order valence-corrected chi connectivity index (χ3v) is 3.10. The minimum Gasteiger partial charge on any atom is -0.394 e. The maximum Gasteiger partial charge on any atom is 0.213 e. The molecule has 0 spiro atoms. The average molecular weight is 278 g/mol. The molecule has 2 rings (SSSR count). The summed E-state index contributed by atoms with van der Waals surface area (Å²) in [7, 11) is 0. The van der Waals surface area contributed by atoms with Crippen LogP contribution in [0.5, 0.6) is 0 Å². The number of rotatable bonds is 2. The Morgan fingerprint density at radius 2 is 2.20 bits per heavy atom. The Bertz CT molecular complexity index is 462. The lowest BCUT2D eigenvalue weighted by Crippen LogP contribution is -2.59. The van der Waals surface area contributed by atoms with Gasteiger partial charge in [0.1, 0.15) is 0 Å². The minimum atomic E-state index is -0.361. The van der Waals surface area contributed by atoms with E-state index in [0.29, 0.717) is 19.0 Å². The second kappa shape index (κ2) is 6.21. The number of guanidine groups is 1. The summed E-state index contributed by atoms with van der Waals surface area (Å²) in [5.74, 6) is 6.18. The number of nitrogens with zero attached hydrogens (tertiary/aromatic N) is 2. The number of nitrogens with one attached hydrogen (secondary N) is 1. The van der Waals surface area contributed by atoms with E-state index in [1.165, 1.54) is 0 Å². The Balaban J connectivity index is 2.20. The van der Waals surface area contributed by atoms with Crippen molar-refractivity contribution in [2.24, 2.45) is 10.8 Å². The molecule has 0 aliphatic carbocycles. The lowest BCUT2D eigenvalue weighted by atomic mass is 10.1. The number of aliphatic hydroxyl groups excluding tert-OH is 1. The predicted octanol–water partition coefficient (Wildman–Crippen LogP) is 0.609. The Kier molecular flexibility index (Phi) is 4.59. The zero-order valence-corrected chi connectivity index (χ0v) is 11.9. The van der Waals surface area contributed by atoms with Gasteiger partial charge in [-0.2, -0.15) is 0 Å². The fourth-order valence-corrected chi connectivity index (χ4v) is 2.37. The van der Waals surface area contributed by atoms with Crippen LogP contribution in [0.25, 0.3) is 0 Å². The number of para-hydroxylation sites is 1. The van der Waals surface area contributed by atoms with E-state index < -0.39 is 0 Å². The molecule has 0 saturated carbocycles. The number of nitrogens with two attached hydrogens (primary N) is 1. The Hall–Kier alpha value is -1.63. The molecule has 1 aromatic carbocycles. The van der Waals surface area contributed by atoms with E-state index in [9.17, 15) is 5.11 Å². The second-order valence-electron chi connectivity index (χ2n) is 5.48. The normalized spacial score (nSPS) is 22.7. The van der Waals surface area contributed by atoms with Crippen LogP contribution in [0.2, 0.25) is 0 Å². The topological polar surface area (TPSA) is 83.1 Å². The van der Waals surface area contributed by atoms with Crippen molar-refractivity contribution in [3.8, 4) is 0 Å². The zero-order valence-electron chi connectivity index (χ0n) is 11.9. The predicted molar refractivity (Wildman–Crippen MR) is 78.5 cm³/mol. The van der Waals surface area contributed by atoms with Crippen molar-refractivity contribution in [2.45, 2.75) is 25.6 Å². The first-order valence-corrected chi connectivity index (χ1v) is 6.68. The van der Waals surface area contributed by atoms with Crippen LogP contribution in [-0.4, -0.2) is 47.4 Å². The smallest absolute Gasteiger partial charge is 0.213 e. The quantitative estimate of drug-likeness (QED) is 0.319. The van der Waals surface area contributed by atoms with Gasteiger partial charge in [-0.3, -0.25) is 5.43 Å². The van der Waals surface area contributed by atoms with E-state index in [2.05, 4.69) is 10.4 Å². The van der Waals surface area contributed by atoms with Crippen LogP contribution in [0.15, 0.2) is 35.3 Å². The Labute approximate surface area is 119 Å². The molecule has 1 unspecified atom stereocenters. The first-order valence-electron chi connectivity index (χ1n) is 6.68. The van der Waals surface area contributed by atoms with Gasteiger partial charge in [0.05, 0.1) is 24.0 Å². The highest BCUT2D eigenvalue weighted by molar-refractivity contribution is 5.82. The van der Waals surface area contributed by atoms with Crippen LogP contribution < -0.4 is 11.3 Å². The number of hydrogen-bond donors (Lipinski definition) is 3. The van der Waals surface area contributed by atoms with Crippen molar-refractivity contribution in [3.63, 3.8) is 0 Å². The fourth-order valence-electron chi connectivity index (χ4n) is 2.37. The maximum absolute atomic E-state index is 9.34. The van der Waals surface area contributed by atoms with Crippen LogP contribution in [-0.2, 0) is 4.74 Å². The highest BCUT2D eigenvalue weighted by atomic mass is 16.5. The number of ether oxygens (including phenoxy) is 1. The van der Waals surface area contributed by atoms with Crippen LogP contribution in [0.1, 0.15) is 13.8 Å². The third kappa shape index (κ3) is 3.69. The molecular weight excluding hydrogens is 256 g/mol. The number of benzene rings is 1. The Morgan fingerprint density at radius 3 is 2.80 bits per heavy atom. The lowest BCUT2D eigenvalue weighted by molar-refractivity contribution is -0.135. The van der Waals surface area contributed by atoms with E-state index in [1.54, 1.807) is 0 Å². The number of aliphatic imine (C=N–C) groups is 1. The summed E-state index contributed by atoms with van der Waals surface area (Å²) in [6, 6.07) is 9.60. The van der Waals surface area contributed by atoms with Gasteiger partial charge in [-0.15, -0.1) is 0 Å². The van der Waals surface area contributed by atoms with Gasteiger partial charge in [0, 0.05) is 13.1 Å². The van der Waals surface area contributed by atoms with E-state index in [0.717, 1.165) is 5.69 Å². The number of aliphatic hydroxyl groups is 1. The number of hydrogen-bond acceptors (Lipinski definition) is 4. The highest BCUT2D eigenvalue weighted by Gasteiger charge is 2.34. The molecule has 4 N–H and O–H groups in total. The molecule has 1 aliphatic heterocycles. The van der Waals surface area contributed by atoms with E-state index in [-0.39, 0.29) is 18.3 Å². The van der Waals surface area contributed by atoms with Crippen LogP contribution in [0.3, 0.4) is 0 Å². The summed E-state index contributed by atoms with van der Waals surface area (Å²) >= 11 is 0. The van der Waals surface area contributed by atoms with Gasteiger partial charge in [0.2, 0.25) is 5.96 Å². The number of morpholine rings is 1. The van der Waals surface area contributed by atoms with Gasteiger partial charge in [-0.05, 0) is 26.0 Å². The van der Waals surface area contributed by atoms with Crippen LogP contribution >= 0.6 is 0 Å². The summed E-state index contributed by atoms with van der Waals surface area (Å²) in [4.78, 5) is 6.50. The molecule has 1 atom stereocenters. The molecule has 0 aromatic heterocycles. The van der Waals surface area contributed by atoms with Crippen molar-refractivity contribution in [1.82, 2.24) is 10.3 Å². The standard InChI is InChI=1S/C14H22N4O2/c1-14(2)10-18(8-12(9-19)20-14)13(17-15)16-11-6-4-3-5-7-11/h3-7,12,19H,8-10,15H2,1-2H3,(H,16,17). The van der Waals surface area contributed by atoms with E-state index >= 15 is 0 Å². The van der Waals surface area contributed by atoms with Crippen LogP contribution in [0.4, 0.5) is 5.69 Å². The van der Waals surface area contributed by atoms with Gasteiger partial charge in [-0.1, -0.05) is 18.2 Å². The molecule has 1 heterocycles. The van der Waals surface area contributed by atoms with Crippen molar-refractivity contribution < 1.29 is 9.84 Å². The zero-order chi connectivity index (χ0) is 14.6. The Morgan fingerprint density at radius 1 is 1.50 bits per heavy atom. The molecule has 0 amide bonds. The fraction of sp³-hybridized carbons (Fsp3) is 0.500. The van der Waals surface area contributed by atoms with Gasteiger partial charge in [0.25, 0.3) is 0 Å². The monoisotopic (exact) mass is 278 g/mol. The van der Waals surface area contributed by atoms with Crippen molar-refractivity contribution in [2.75, 3.05) is 19.7 Å². The van der Waals surface area contributed by atoms with E-state index in [1.807, 2.05) is 49.1 Å². The van der Waals surface area contributed by atoms with E-state index in [4.69, 9.17) is 10.6 Å². The molecule has 0 radical (unpaired) electrons. The largest absolute Gasteiger partial charge is 0.394 e. The molecule has 0 bridgehead atoms. The number of hydrazine groups is 1. The van der Waals surface area contributed by atoms with Crippen LogP contribution in [0, 0.1) is 0 Å². The summed E-state index contributed by atoms with van der Waals surface area (Å²) in [5.41, 5.74) is 3.10. The summed E-state index contributed by atoms with van der Waals surface area (Å²) in [5, 5.41) is 9.34. The van der Waals surface area contributed by atoms with Gasteiger partial charge in [-0.25, -0.2) is 10.8 Å². The molecule has 1 saturated heterocycles. The molecule has 1 aliphatic rings. The molecular formula is C14H22N4O2. The third-order valence-electron chi connectivity index (χ3n) is 3.10. The SMILES string of the molecule is CC1(C)CN(C(=Nc2ccccc2)NN)CC(CO)O1. The first-order chi connectivity index (χ1) is 9.54. The molecule has 110 valence electrons. The van der Waals surface area contributed by atoms with Gasteiger partial charge >= 0.3 is 0 Å². The second-order valence-corrected chi connectivity index (χ2v) is 5.48. The molecule has 6 nitrogen and oxygen atoms in total.